The van der Waals surface area contributed by atoms with E-state index in [2.05, 4.69) is 12.2 Å². The molecule has 1 rings (SSSR count). The third-order valence-electron chi connectivity index (χ3n) is 3.86. The molecule has 130 valence electrons. The minimum absolute atomic E-state index is 0.0393. The zero-order valence-corrected chi connectivity index (χ0v) is 14.6. The molecule has 0 radical (unpaired) electrons. The quantitative estimate of drug-likeness (QED) is 0.779. The van der Waals surface area contributed by atoms with E-state index in [0.29, 0.717) is 19.0 Å². The fourth-order valence-electron chi connectivity index (χ4n) is 2.56. The fraction of sp³-hybridized carbons (Fsp3) is 0.938. The first kappa shape index (κ1) is 19.2. The van der Waals surface area contributed by atoms with E-state index in [1.807, 2.05) is 20.8 Å². The molecule has 3 atom stereocenters. The SMILES string of the molecule is COC1CN(C(=O)OC(C)(C)C)CCC1NCC(C)CCO. The summed E-state index contributed by atoms with van der Waals surface area (Å²) >= 11 is 0. The molecule has 2 N–H and O–H groups in total. The molecule has 1 aliphatic rings. The second kappa shape index (κ2) is 8.70. The van der Waals surface area contributed by atoms with Gasteiger partial charge in [-0.15, -0.1) is 0 Å². The van der Waals surface area contributed by atoms with Crippen molar-refractivity contribution in [3.05, 3.63) is 0 Å². The molecule has 6 heteroatoms. The number of ether oxygens (including phenoxy) is 2. The molecule has 1 aliphatic heterocycles. The van der Waals surface area contributed by atoms with Crippen molar-refractivity contribution in [3.63, 3.8) is 0 Å². The van der Waals surface area contributed by atoms with Gasteiger partial charge in [-0.25, -0.2) is 4.79 Å². The predicted octanol–water partition coefficient (Wildman–Crippen LogP) is 1.62. The third-order valence-corrected chi connectivity index (χ3v) is 3.86. The molecule has 1 saturated heterocycles. The van der Waals surface area contributed by atoms with Gasteiger partial charge in [-0.2, -0.15) is 0 Å². The Balaban J connectivity index is 2.48. The fourth-order valence-corrected chi connectivity index (χ4v) is 2.56. The smallest absolute Gasteiger partial charge is 0.410 e. The average Bonchev–Trinajstić information content (AvgIpc) is 2.43. The lowest BCUT2D eigenvalue weighted by molar-refractivity contribution is -0.0186. The van der Waals surface area contributed by atoms with Gasteiger partial charge in [-0.1, -0.05) is 6.92 Å². The summed E-state index contributed by atoms with van der Waals surface area (Å²) in [5, 5.41) is 12.4. The number of nitrogens with one attached hydrogen (secondary N) is 1. The molecule has 1 fully saturated rings. The van der Waals surface area contributed by atoms with Gasteiger partial charge < -0.3 is 24.8 Å². The molecule has 3 unspecified atom stereocenters. The van der Waals surface area contributed by atoms with Crippen LogP contribution in [0.1, 0.15) is 40.5 Å². The van der Waals surface area contributed by atoms with Gasteiger partial charge in [0.15, 0.2) is 0 Å². The van der Waals surface area contributed by atoms with Crippen LogP contribution in [0.5, 0.6) is 0 Å². The lowest BCUT2D eigenvalue weighted by Crippen LogP contribution is -2.56. The zero-order chi connectivity index (χ0) is 16.8. The summed E-state index contributed by atoms with van der Waals surface area (Å²) in [4.78, 5) is 13.9. The largest absolute Gasteiger partial charge is 0.444 e. The van der Waals surface area contributed by atoms with Crippen LogP contribution < -0.4 is 5.32 Å². The molecule has 0 spiro atoms. The molecule has 0 aromatic carbocycles. The summed E-state index contributed by atoms with van der Waals surface area (Å²) in [5.41, 5.74) is -0.478. The molecular formula is C16H32N2O4. The van der Waals surface area contributed by atoms with Crippen molar-refractivity contribution in [1.29, 1.82) is 0 Å². The summed E-state index contributed by atoms with van der Waals surface area (Å²) in [5.74, 6) is 0.423. The lowest BCUT2D eigenvalue weighted by Gasteiger charge is -2.39. The van der Waals surface area contributed by atoms with E-state index in [1.165, 1.54) is 0 Å². The van der Waals surface area contributed by atoms with Gasteiger partial charge in [0.1, 0.15) is 5.60 Å². The van der Waals surface area contributed by atoms with Crippen LogP contribution in [0.4, 0.5) is 4.79 Å². The highest BCUT2D eigenvalue weighted by Crippen LogP contribution is 2.18. The molecular weight excluding hydrogens is 284 g/mol. The number of hydrogen-bond acceptors (Lipinski definition) is 5. The Bertz CT molecular complexity index is 344. The number of rotatable bonds is 6. The molecule has 1 amide bonds. The van der Waals surface area contributed by atoms with Crippen molar-refractivity contribution in [2.75, 3.05) is 33.4 Å². The number of nitrogens with zero attached hydrogens (tertiary/aromatic N) is 1. The third kappa shape index (κ3) is 6.50. The van der Waals surface area contributed by atoms with Gasteiger partial charge in [-0.05, 0) is 46.1 Å². The minimum Gasteiger partial charge on any atom is -0.444 e. The Hall–Kier alpha value is -0.850. The number of hydrogen-bond donors (Lipinski definition) is 2. The maximum Gasteiger partial charge on any atom is 0.410 e. The molecule has 22 heavy (non-hydrogen) atoms. The highest BCUT2D eigenvalue weighted by molar-refractivity contribution is 5.68. The van der Waals surface area contributed by atoms with Gasteiger partial charge in [-0.3, -0.25) is 0 Å². The zero-order valence-electron chi connectivity index (χ0n) is 14.6. The van der Waals surface area contributed by atoms with Crippen molar-refractivity contribution in [2.24, 2.45) is 5.92 Å². The van der Waals surface area contributed by atoms with Crippen molar-refractivity contribution in [3.8, 4) is 0 Å². The maximum atomic E-state index is 12.1. The van der Waals surface area contributed by atoms with E-state index >= 15 is 0 Å². The lowest BCUT2D eigenvalue weighted by atomic mass is 10.0. The summed E-state index contributed by atoms with van der Waals surface area (Å²) in [6, 6.07) is 0.227. The van der Waals surface area contributed by atoms with E-state index in [1.54, 1.807) is 12.0 Å². The molecule has 0 aliphatic carbocycles. The standard InChI is InChI=1S/C16H32N2O4/c1-12(7-9-19)10-17-13-6-8-18(11-14(13)21-5)15(20)22-16(2,3)4/h12-14,17,19H,6-11H2,1-5H3. The summed E-state index contributed by atoms with van der Waals surface area (Å²) in [6.45, 7) is 9.99. The molecule has 1 heterocycles. The summed E-state index contributed by atoms with van der Waals surface area (Å²) in [7, 11) is 1.68. The van der Waals surface area contributed by atoms with E-state index in [-0.39, 0.29) is 24.8 Å². The number of carbonyl (C=O) groups excluding carboxylic acids is 1. The molecule has 6 nitrogen and oxygen atoms in total. The van der Waals surface area contributed by atoms with Crippen molar-refractivity contribution in [1.82, 2.24) is 10.2 Å². The van der Waals surface area contributed by atoms with Crippen molar-refractivity contribution < 1.29 is 19.4 Å². The maximum absolute atomic E-state index is 12.1. The van der Waals surface area contributed by atoms with Crippen LogP contribution in [-0.4, -0.2) is 67.2 Å². The molecule has 0 aromatic rings. The number of aliphatic hydroxyl groups excluding tert-OH is 1. The minimum atomic E-state index is -0.478. The number of aliphatic hydroxyl groups is 1. The van der Waals surface area contributed by atoms with E-state index in [0.717, 1.165) is 19.4 Å². The Labute approximate surface area is 134 Å². The highest BCUT2D eigenvalue weighted by atomic mass is 16.6. The first-order chi connectivity index (χ1) is 10.3. The number of carbonyl (C=O) groups is 1. The van der Waals surface area contributed by atoms with Crippen LogP contribution in [0.2, 0.25) is 0 Å². The van der Waals surface area contributed by atoms with Gasteiger partial charge in [0.05, 0.1) is 12.6 Å². The first-order valence-electron chi connectivity index (χ1n) is 8.11. The molecule has 0 bridgehead atoms. The Morgan fingerprint density at radius 1 is 1.45 bits per heavy atom. The predicted molar refractivity (Wildman–Crippen MR) is 85.9 cm³/mol. The molecule has 0 aromatic heterocycles. The number of methoxy groups -OCH3 is 1. The normalized spacial score (nSPS) is 24.2. The van der Waals surface area contributed by atoms with Gasteiger partial charge in [0.2, 0.25) is 0 Å². The second-order valence-corrected chi connectivity index (χ2v) is 7.12. The van der Waals surface area contributed by atoms with E-state index in [9.17, 15) is 4.79 Å². The first-order valence-corrected chi connectivity index (χ1v) is 8.11. The number of likely N-dealkylation sites (tertiary alicyclic amines) is 1. The van der Waals surface area contributed by atoms with Crippen LogP contribution in [0.15, 0.2) is 0 Å². The Morgan fingerprint density at radius 2 is 2.14 bits per heavy atom. The van der Waals surface area contributed by atoms with Crippen LogP contribution in [0.3, 0.4) is 0 Å². The van der Waals surface area contributed by atoms with Crippen LogP contribution in [-0.2, 0) is 9.47 Å². The Morgan fingerprint density at radius 3 is 2.68 bits per heavy atom. The Kier molecular flexibility index (Phi) is 7.59. The van der Waals surface area contributed by atoms with Crippen LogP contribution in [0, 0.1) is 5.92 Å². The number of amides is 1. The van der Waals surface area contributed by atoms with E-state index < -0.39 is 5.60 Å². The van der Waals surface area contributed by atoms with Crippen LogP contribution >= 0.6 is 0 Å². The van der Waals surface area contributed by atoms with Crippen molar-refractivity contribution >= 4 is 6.09 Å². The second-order valence-electron chi connectivity index (χ2n) is 7.12. The van der Waals surface area contributed by atoms with Gasteiger partial charge in [0, 0.05) is 26.3 Å². The van der Waals surface area contributed by atoms with E-state index in [4.69, 9.17) is 14.6 Å². The highest BCUT2D eigenvalue weighted by Gasteiger charge is 2.33. The summed E-state index contributed by atoms with van der Waals surface area (Å²) < 4.78 is 11.0. The topological polar surface area (TPSA) is 71.0 Å². The number of piperidine rings is 1. The monoisotopic (exact) mass is 316 g/mol. The molecule has 0 saturated carbocycles. The van der Waals surface area contributed by atoms with Crippen LogP contribution in [0.25, 0.3) is 0 Å². The van der Waals surface area contributed by atoms with Crippen molar-refractivity contribution in [2.45, 2.75) is 58.3 Å². The van der Waals surface area contributed by atoms with Gasteiger partial charge >= 0.3 is 6.09 Å². The average molecular weight is 316 g/mol. The summed E-state index contributed by atoms with van der Waals surface area (Å²) in [6.07, 6.45) is 1.31. The van der Waals surface area contributed by atoms with Gasteiger partial charge in [0.25, 0.3) is 0 Å².